The van der Waals surface area contributed by atoms with E-state index in [0.717, 1.165) is 56.8 Å². The van der Waals surface area contributed by atoms with Gasteiger partial charge in [0.05, 0.1) is 19.0 Å². The van der Waals surface area contributed by atoms with Gasteiger partial charge in [0.1, 0.15) is 5.82 Å². The zero-order valence-electron chi connectivity index (χ0n) is 13.6. The maximum Gasteiger partial charge on any atom is 0.250 e. The molecule has 2 aromatic rings. The first-order valence-corrected chi connectivity index (χ1v) is 8.31. The summed E-state index contributed by atoms with van der Waals surface area (Å²) in [6.45, 7) is 3.46. The lowest BCUT2D eigenvalue weighted by Gasteiger charge is -2.33. The summed E-state index contributed by atoms with van der Waals surface area (Å²) in [5.41, 5.74) is 1.82. The Morgan fingerprint density at radius 2 is 2.12 bits per heavy atom. The van der Waals surface area contributed by atoms with Crippen LogP contribution in [0.25, 0.3) is 0 Å². The van der Waals surface area contributed by atoms with Crippen molar-refractivity contribution in [1.82, 2.24) is 14.9 Å². The molecule has 0 bridgehead atoms. The third-order valence-corrected chi connectivity index (χ3v) is 4.31. The molecule has 2 heterocycles. The number of nitrogens with zero attached hydrogens (tertiary/aromatic N) is 2. The number of benzene rings is 1. The number of morpholine rings is 1. The number of halogens is 1. The van der Waals surface area contributed by atoms with Crippen molar-refractivity contribution in [3.8, 4) is 0 Å². The largest absolute Gasteiger partial charge is 0.376 e. The van der Waals surface area contributed by atoms with Crippen LogP contribution in [0.2, 0.25) is 0 Å². The molecule has 0 amide bonds. The Morgan fingerprint density at radius 3 is 2.92 bits per heavy atom. The molecule has 1 aromatic carbocycles. The van der Waals surface area contributed by atoms with Crippen LogP contribution in [0.15, 0.2) is 41.5 Å². The monoisotopic (exact) mass is 331 g/mol. The van der Waals surface area contributed by atoms with Gasteiger partial charge in [-0.2, -0.15) is 0 Å². The number of aryl methyl sites for hydroxylation is 1. The van der Waals surface area contributed by atoms with E-state index in [1.165, 1.54) is 24.5 Å². The molecule has 5 nitrogen and oxygen atoms in total. The van der Waals surface area contributed by atoms with Crippen LogP contribution in [-0.4, -0.2) is 47.2 Å². The molecule has 3 rings (SSSR count). The van der Waals surface area contributed by atoms with Crippen molar-refractivity contribution < 1.29 is 9.13 Å². The van der Waals surface area contributed by atoms with E-state index >= 15 is 0 Å². The van der Waals surface area contributed by atoms with Gasteiger partial charge in [-0.05, 0) is 37.0 Å². The SMILES string of the molecule is O=c1cc(CC[C@H]2CN(CCc3ccc(F)cc3)CCO2)nc[nH]1. The van der Waals surface area contributed by atoms with Gasteiger partial charge in [-0.3, -0.25) is 9.69 Å². The second kappa shape index (κ2) is 8.17. The normalized spacial score (nSPS) is 18.6. The number of hydrogen-bond acceptors (Lipinski definition) is 4. The molecular weight excluding hydrogens is 309 g/mol. The molecule has 128 valence electrons. The Labute approximate surface area is 140 Å². The summed E-state index contributed by atoms with van der Waals surface area (Å²) in [5.74, 6) is -0.196. The van der Waals surface area contributed by atoms with Gasteiger partial charge >= 0.3 is 0 Å². The van der Waals surface area contributed by atoms with Gasteiger partial charge in [-0.15, -0.1) is 0 Å². The summed E-state index contributed by atoms with van der Waals surface area (Å²) >= 11 is 0. The van der Waals surface area contributed by atoms with Gasteiger partial charge in [0.15, 0.2) is 0 Å². The van der Waals surface area contributed by atoms with Crippen LogP contribution in [-0.2, 0) is 17.6 Å². The second-order valence-corrected chi connectivity index (χ2v) is 6.11. The molecule has 1 aliphatic heterocycles. The maximum atomic E-state index is 12.9. The smallest absolute Gasteiger partial charge is 0.250 e. The van der Waals surface area contributed by atoms with Gasteiger partial charge in [0.2, 0.25) is 0 Å². The fraction of sp³-hybridized carbons (Fsp3) is 0.444. The summed E-state index contributed by atoms with van der Waals surface area (Å²) in [6, 6.07) is 8.23. The Bertz CT molecular complexity index is 702. The van der Waals surface area contributed by atoms with Crippen LogP contribution in [0.3, 0.4) is 0 Å². The Balaban J connectivity index is 1.45. The van der Waals surface area contributed by atoms with Crippen LogP contribution >= 0.6 is 0 Å². The summed E-state index contributed by atoms with van der Waals surface area (Å²) in [4.78, 5) is 20.3. The minimum atomic E-state index is -0.196. The number of hydrogen-bond donors (Lipinski definition) is 1. The molecule has 0 aliphatic carbocycles. The first kappa shape index (κ1) is 16.8. The molecule has 0 radical (unpaired) electrons. The van der Waals surface area contributed by atoms with Crippen molar-refractivity contribution in [2.45, 2.75) is 25.4 Å². The highest BCUT2D eigenvalue weighted by molar-refractivity contribution is 5.16. The lowest BCUT2D eigenvalue weighted by molar-refractivity contribution is -0.0314. The summed E-state index contributed by atoms with van der Waals surface area (Å²) < 4.78 is 18.8. The fourth-order valence-electron chi connectivity index (χ4n) is 2.95. The van der Waals surface area contributed by atoms with Gasteiger partial charge in [-0.1, -0.05) is 12.1 Å². The maximum absolute atomic E-state index is 12.9. The van der Waals surface area contributed by atoms with E-state index in [1.54, 1.807) is 0 Å². The third-order valence-electron chi connectivity index (χ3n) is 4.31. The van der Waals surface area contributed by atoms with Gasteiger partial charge in [-0.25, -0.2) is 9.37 Å². The zero-order chi connectivity index (χ0) is 16.8. The Hall–Kier alpha value is -2.05. The number of aromatic amines is 1. The molecule has 1 N–H and O–H groups in total. The average Bonchev–Trinajstić information content (AvgIpc) is 2.60. The van der Waals surface area contributed by atoms with Crippen LogP contribution in [0.1, 0.15) is 17.7 Å². The molecular formula is C18H22FN3O2. The number of H-pyrrole nitrogens is 1. The van der Waals surface area contributed by atoms with E-state index in [1.807, 2.05) is 12.1 Å². The highest BCUT2D eigenvalue weighted by atomic mass is 19.1. The molecule has 24 heavy (non-hydrogen) atoms. The number of nitrogens with one attached hydrogen (secondary N) is 1. The molecule has 1 aliphatic rings. The van der Waals surface area contributed by atoms with Crippen LogP contribution in [0.5, 0.6) is 0 Å². The predicted octanol–water partition coefficient (Wildman–Crippen LogP) is 1.79. The topological polar surface area (TPSA) is 58.2 Å². The van der Waals surface area contributed by atoms with Crippen molar-refractivity contribution in [2.75, 3.05) is 26.2 Å². The van der Waals surface area contributed by atoms with Gasteiger partial charge < -0.3 is 9.72 Å². The molecule has 1 fully saturated rings. The average molecular weight is 331 g/mol. The summed E-state index contributed by atoms with van der Waals surface area (Å²) in [6.07, 6.45) is 4.09. The molecule has 1 aromatic heterocycles. The number of rotatable bonds is 6. The zero-order valence-corrected chi connectivity index (χ0v) is 13.6. The second-order valence-electron chi connectivity index (χ2n) is 6.11. The summed E-state index contributed by atoms with van der Waals surface area (Å²) in [5, 5.41) is 0. The number of aromatic nitrogens is 2. The highest BCUT2D eigenvalue weighted by Gasteiger charge is 2.20. The molecule has 1 atom stereocenters. The van der Waals surface area contributed by atoms with Crippen molar-refractivity contribution in [3.05, 3.63) is 64.1 Å². The molecule has 1 saturated heterocycles. The van der Waals surface area contributed by atoms with Crippen LogP contribution in [0, 0.1) is 5.82 Å². The quantitative estimate of drug-likeness (QED) is 0.877. The van der Waals surface area contributed by atoms with E-state index < -0.39 is 0 Å². The van der Waals surface area contributed by atoms with E-state index in [4.69, 9.17) is 4.74 Å². The van der Waals surface area contributed by atoms with Crippen LogP contribution < -0.4 is 5.56 Å². The third kappa shape index (κ3) is 4.97. The van der Waals surface area contributed by atoms with Crippen molar-refractivity contribution in [1.29, 1.82) is 0 Å². The van der Waals surface area contributed by atoms with E-state index in [9.17, 15) is 9.18 Å². The molecule has 0 spiro atoms. The molecule has 0 saturated carbocycles. The predicted molar refractivity (Wildman–Crippen MR) is 89.5 cm³/mol. The summed E-state index contributed by atoms with van der Waals surface area (Å²) in [7, 11) is 0. The van der Waals surface area contributed by atoms with Gasteiger partial charge in [0.25, 0.3) is 5.56 Å². The van der Waals surface area contributed by atoms with E-state index in [0.29, 0.717) is 0 Å². The standard InChI is InChI=1S/C18H22FN3O2/c19-15-3-1-14(2-4-15)7-8-22-9-10-24-17(12-22)6-5-16-11-18(23)21-13-20-16/h1-4,11,13,17H,5-10,12H2,(H,20,21,23)/t17-/m0/s1. The van der Waals surface area contributed by atoms with E-state index in [2.05, 4.69) is 14.9 Å². The number of ether oxygens (including phenoxy) is 1. The Morgan fingerprint density at radius 1 is 1.29 bits per heavy atom. The molecule has 0 unspecified atom stereocenters. The minimum Gasteiger partial charge on any atom is -0.376 e. The first-order chi connectivity index (χ1) is 11.7. The lowest BCUT2D eigenvalue weighted by Crippen LogP contribution is -2.43. The lowest BCUT2D eigenvalue weighted by atomic mass is 10.1. The molecule has 6 heteroatoms. The minimum absolute atomic E-state index is 0.120. The van der Waals surface area contributed by atoms with Crippen molar-refractivity contribution >= 4 is 0 Å². The van der Waals surface area contributed by atoms with Crippen molar-refractivity contribution in [2.24, 2.45) is 0 Å². The Kier molecular flexibility index (Phi) is 5.72. The van der Waals surface area contributed by atoms with Crippen molar-refractivity contribution in [3.63, 3.8) is 0 Å². The fourth-order valence-corrected chi connectivity index (χ4v) is 2.95. The van der Waals surface area contributed by atoms with E-state index in [-0.39, 0.29) is 17.5 Å². The highest BCUT2D eigenvalue weighted by Crippen LogP contribution is 2.12. The van der Waals surface area contributed by atoms with Crippen LogP contribution in [0.4, 0.5) is 4.39 Å². The first-order valence-electron chi connectivity index (χ1n) is 8.31. The van der Waals surface area contributed by atoms with Gasteiger partial charge in [0, 0.05) is 31.4 Å².